The van der Waals surface area contributed by atoms with E-state index in [9.17, 15) is 4.79 Å². The van der Waals surface area contributed by atoms with Crippen molar-refractivity contribution in [1.29, 1.82) is 0 Å². The first-order valence-corrected chi connectivity index (χ1v) is 9.36. The Morgan fingerprint density at radius 2 is 1.79 bits per heavy atom. The summed E-state index contributed by atoms with van der Waals surface area (Å²) in [7, 11) is 0. The van der Waals surface area contributed by atoms with Crippen LogP contribution < -0.4 is 4.74 Å². The number of amides is 1. The van der Waals surface area contributed by atoms with Gasteiger partial charge in [0, 0.05) is 13.1 Å². The predicted octanol–water partition coefficient (Wildman–Crippen LogP) is 4.32. The van der Waals surface area contributed by atoms with E-state index < -0.39 is 0 Å². The number of rotatable bonds is 3. The van der Waals surface area contributed by atoms with Gasteiger partial charge in [0.2, 0.25) is 0 Å². The number of carbonyl (C=O) groups excluding carboxylic acids is 1. The Balaban J connectivity index is 1.63. The molecule has 1 saturated carbocycles. The van der Waals surface area contributed by atoms with E-state index in [0.29, 0.717) is 0 Å². The van der Waals surface area contributed by atoms with E-state index in [2.05, 4.69) is 39.8 Å². The van der Waals surface area contributed by atoms with E-state index in [0.717, 1.165) is 30.7 Å². The van der Waals surface area contributed by atoms with E-state index in [1.54, 1.807) is 0 Å². The van der Waals surface area contributed by atoms with Crippen molar-refractivity contribution in [1.82, 2.24) is 4.90 Å². The second kappa shape index (κ2) is 6.78. The molecule has 1 aromatic carbocycles. The van der Waals surface area contributed by atoms with Crippen molar-refractivity contribution in [2.75, 3.05) is 19.7 Å². The average Bonchev–Trinajstić information content (AvgIpc) is 2.96. The quantitative estimate of drug-likeness (QED) is 0.826. The van der Waals surface area contributed by atoms with Crippen LogP contribution in [0, 0.1) is 18.8 Å². The minimum atomic E-state index is 0.00693. The standard InChI is InChI=1S/C21H31NO2/c1-15-9-10-19(18(11-15)21(2,3)4)24-14-20(23)22-12-16-7-5-6-8-17(16)13-22/h9-11,16-17H,5-8,12-14H2,1-4H3. The van der Waals surface area contributed by atoms with Crippen LogP contribution in [0.15, 0.2) is 18.2 Å². The van der Waals surface area contributed by atoms with E-state index in [1.165, 1.54) is 36.8 Å². The molecule has 1 aromatic rings. The zero-order chi connectivity index (χ0) is 17.3. The molecule has 0 radical (unpaired) electrons. The van der Waals surface area contributed by atoms with Crippen LogP contribution in [0.3, 0.4) is 0 Å². The lowest BCUT2D eigenvalue weighted by atomic mass is 9.82. The van der Waals surface area contributed by atoms with Gasteiger partial charge in [-0.05, 0) is 48.6 Å². The number of hydrogen-bond donors (Lipinski definition) is 0. The molecule has 0 aromatic heterocycles. The van der Waals surface area contributed by atoms with Crippen LogP contribution in [-0.4, -0.2) is 30.5 Å². The van der Waals surface area contributed by atoms with Gasteiger partial charge in [0.05, 0.1) is 0 Å². The van der Waals surface area contributed by atoms with Crippen LogP contribution in [0.5, 0.6) is 5.75 Å². The van der Waals surface area contributed by atoms with Crippen molar-refractivity contribution in [2.45, 2.75) is 58.8 Å². The maximum absolute atomic E-state index is 12.6. The van der Waals surface area contributed by atoms with Crippen molar-refractivity contribution in [2.24, 2.45) is 11.8 Å². The minimum absolute atomic E-state index is 0.00693. The Bertz CT molecular complexity index is 588. The van der Waals surface area contributed by atoms with Gasteiger partial charge in [0.15, 0.2) is 6.61 Å². The predicted molar refractivity (Wildman–Crippen MR) is 97.4 cm³/mol. The lowest BCUT2D eigenvalue weighted by molar-refractivity contribution is -0.132. The molecule has 24 heavy (non-hydrogen) atoms. The van der Waals surface area contributed by atoms with Crippen molar-refractivity contribution in [3.63, 3.8) is 0 Å². The Morgan fingerprint density at radius 1 is 1.17 bits per heavy atom. The summed E-state index contributed by atoms with van der Waals surface area (Å²) in [5, 5.41) is 0. The maximum Gasteiger partial charge on any atom is 0.260 e. The Kier molecular flexibility index (Phi) is 4.89. The Hall–Kier alpha value is -1.51. The number of ether oxygens (including phenoxy) is 1. The summed E-state index contributed by atoms with van der Waals surface area (Å²) in [5.74, 6) is 2.45. The van der Waals surface area contributed by atoms with Gasteiger partial charge >= 0.3 is 0 Å². The molecule has 3 heteroatoms. The van der Waals surface area contributed by atoms with E-state index >= 15 is 0 Å². The molecule has 2 atom stereocenters. The average molecular weight is 329 g/mol. The summed E-state index contributed by atoms with van der Waals surface area (Å²) in [4.78, 5) is 14.6. The van der Waals surface area contributed by atoms with Crippen molar-refractivity contribution < 1.29 is 9.53 Å². The number of aryl methyl sites for hydroxylation is 1. The van der Waals surface area contributed by atoms with Gasteiger partial charge < -0.3 is 9.64 Å². The molecule has 0 spiro atoms. The fourth-order valence-electron chi connectivity index (χ4n) is 4.20. The number of nitrogens with zero attached hydrogens (tertiary/aromatic N) is 1. The zero-order valence-corrected chi connectivity index (χ0v) is 15.6. The van der Waals surface area contributed by atoms with Crippen LogP contribution in [0.2, 0.25) is 0 Å². The third-order valence-corrected chi connectivity index (χ3v) is 5.62. The summed E-state index contributed by atoms with van der Waals surface area (Å²) in [6, 6.07) is 6.23. The van der Waals surface area contributed by atoms with Crippen molar-refractivity contribution >= 4 is 5.91 Å². The minimum Gasteiger partial charge on any atom is -0.483 e. The van der Waals surface area contributed by atoms with Gasteiger partial charge in [-0.15, -0.1) is 0 Å². The van der Waals surface area contributed by atoms with Gasteiger partial charge in [-0.3, -0.25) is 4.79 Å². The summed E-state index contributed by atoms with van der Waals surface area (Å²) in [6.45, 7) is 10.7. The molecule has 3 nitrogen and oxygen atoms in total. The summed E-state index contributed by atoms with van der Waals surface area (Å²) < 4.78 is 5.96. The number of benzene rings is 1. The molecular formula is C21H31NO2. The monoisotopic (exact) mass is 329 g/mol. The van der Waals surface area contributed by atoms with Gasteiger partial charge in [-0.2, -0.15) is 0 Å². The van der Waals surface area contributed by atoms with E-state index in [1.807, 2.05) is 11.0 Å². The van der Waals surface area contributed by atoms with Gasteiger partial charge in [-0.25, -0.2) is 0 Å². The molecule has 1 heterocycles. The third kappa shape index (κ3) is 3.76. The highest BCUT2D eigenvalue weighted by Crippen LogP contribution is 2.36. The largest absolute Gasteiger partial charge is 0.483 e. The molecular weight excluding hydrogens is 298 g/mol. The summed E-state index contributed by atoms with van der Waals surface area (Å²) in [6.07, 6.45) is 5.25. The fraction of sp³-hybridized carbons (Fsp3) is 0.667. The molecule has 132 valence electrons. The van der Waals surface area contributed by atoms with Gasteiger partial charge in [0.25, 0.3) is 5.91 Å². The van der Waals surface area contributed by atoms with Crippen LogP contribution >= 0.6 is 0 Å². The van der Waals surface area contributed by atoms with Crippen LogP contribution in [0.25, 0.3) is 0 Å². The van der Waals surface area contributed by atoms with E-state index in [4.69, 9.17) is 4.74 Å². The first kappa shape index (κ1) is 17.3. The van der Waals surface area contributed by atoms with Crippen molar-refractivity contribution in [3.05, 3.63) is 29.3 Å². The molecule has 1 aliphatic carbocycles. The molecule has 0 N–H and O–H groups in total. The molecule has 1 amide bonds. The molecule has 2 unspecified atom stereocenters. The molecule has 3 rings (SSSR count). The zero-order valence-electron chi connectivity index (χ0n) is 15.6. The molecule has 1 aliphatic heterocycles. The van der Waals surface area contributed by atoms with Crippen LogP contribution in [0.4, 0.5) is 0 Å². The highest BCUT2D eigenvalue weighted by molar-refractivity contribution is 5.78. The lowest BCUT2D eigenvalue weighted by Gasteiger charge is -2.24. The lowest BCUT2D eigenvalue weighted by Crippen LogP contribution is -2.33. The van der Waals surface area contributed by atoms with Gasteiger partial charge in [0.1, 0.15) is 5.75 Å². The normalized spacial score (nSPS) is 23.9. The molecule has 2 fully saturated rings. The molecule has 0 bridgehead atoms. The Labute approximate surface area is 146 Å². The van der Waals surface area contributed by atoms with Crippen molar-refractivity contribution in [3.8, 4) is 5.75 Å². The maximum atomic E-state index is 12.6. The van der Waals surface area contributed by atoms with Crippen LogP contribution in [0.1, 0.15) is 57.6 Å². The number of hydrogen-bond acceptors (Lipinski definition) is 2. The van der Waals surface area contributed by atoms with Crippen LogP contribution in [-0.2, 0) is 10.2 Å². The van der Waals surface area contributed by atoms with E-state index in [-0.39, 0.29) is 17.9 Å². The number of carbonyl (C=O) groups is 1. The fourth-order valence-corrected chi connectivity index (χ4v) is 4.20. The topological polar surface area (TPSA) is 29.5 Å². The number of likely N-dealkylation sites (tertiary alicyclic amines) is 1. The smallest absolute Gasteiger partial charge is 0.260 e. The third-order valence-electron chi connectivity index (χ3n) is 5.62. The Morgan fingerprint density at radius 3 is 2.38 bits per heavy atom. The molecule has 2 aliphatic rings. The SMILES string of the molecule is Cc1ccc(OCC(=O)N2CC3CCCCC3C2)c(C(C)(C)C)c1. The highest BCUT2D eigenvalue weighted by atomic mass is 16.5. The second-order valence-corrected chi connectivity index (χ2v) is 8.64. The van der Waals surface area contributed by atoms with Gasteiger partial charge in [-0.1, -0.05) is 51.3 Å². The summed E-state index contributed by atoms with van der Waals surface area (Å²) in [5.41, 5.74) is 2.40. The summed E-state index contributed by atoms with van der Waals surface area (Å²) >= 11 is 0. The first-order chi connectivity index (χ1) is 11.3. The highest BCUT2D eigenvalue weighted by Gasteiger charge is 2.36. The first-order valence-electron chi connectivity index (χ1n) is 9.36. The molecule has 1 saturated heterocycles. The second-order valence-electron chi connectivity index (χ2n) is 8.64. The number of fused-ring (bicyclic) bond motifs is 1.